The zero-order chi connectivity index (χ0) is 12.1. The van der Waals surface area contributed by atoms with Crippen LogP contribution in [0.15, 0.2) is 16.8 Å². The van der Waals surface area contributed by atoms with Gasteiger partial charge in [-0.1, -0.05) is 0 Å². The molecule has 1 saturated heterocycles. The van der Waals surface area contributed by atoms with Crippen LogP contribution >= 0.6 is 11.3 Å². The standard InChI is InChI=1S/C13H22N2OS/c1-15(9-12-3-8-17-10-12)11-13(16-2)4-6-14-7-5-13/h3,8,10,14H,4-7,9,11H2,1-2H3. The molecule has 0 aromatic carbocycles. The van der Waals surface area contributed by atoms with Crippen molar-refractivity contribution in [1.29, 1.82) is 0 Å². The van der Waals surface area contributed by atoms with E-state index in [4.69, 9.17) is 4.74 Å². The Kier molecular flexibility index (Phi) is 4.56. The largest absolute Gasteiger partial charge is 0.377 e. The van der Waals surface area contributed by atoms with Crippen LogP contribution in [0.3, 0.4) is 0 Å². The molecule has 0 unspecified atom stereocenters. The average molecular weight is 254 g/mol. The summed E-state index contributed by atoms with van der Waals surface area (Å²) in [6, 6.07) is 2.20. The van der Waals surface area contributed by atoms with Crippen molar-refractivity contribution in [3.05, 3.63) is 22.4 Å². The van der Waals surface area contributed by atoms with Crippen LogP contribution in [0.5, 0.6) is 0 Å². The molecule has 2 heterocycles. The van der Waals surface area contributed by atoms with E-state index in [1.54, 1.807) is 11.3 Å². The predicted octanol–water partition coefficient (Wildman–Crippen LogP) is 1.95. The van der Waals surface area contributed by atoms with Gasteiger partial charge in [-0.25, -0.2) is 0 Å². The molecule has 3 nitrogen and oxygen atoms in total. The smallest absolute Gasteiger partial charge is 0.0829 e. The summed E-state index contributed by atoms with van der Waals surface area (Å²) in [6.07, 6.45) is 2.22. The van der Waals surface area contributed by atoms with Crippen LogP contribution in [-0.4, -0.2) is 44.3 Å². The molecule has 17 heavy (non-hydrogen) atoms. The van der Waals surface area contributed by atoms with Gasteiger partial charge in [0.2, 0.25) is 0 Å². The molecule has 96 valence electrons. The van der Waals surface area contributed by atoms with Gasteiger partial charge in [-0.3, -0.25) is 4.90 Å². The van der Waals surface area contributed by atoms with E-state index in [0.29, 0.717) is 0 Å². The summed E-state index contributed by atoms with van der Waals surface area (Å²) in [6.45, 7) is 4.17. The van der Waals surface area contributed by atoms with Crippen molar-refractivity contribution in [2.75, 3.05) is 33.8 Å². The van der Waals surface area contributed by atoms with E-state index in [2.05, 4.69) is 34.1 Å². The molecular formula is C13H22N2OS. The van der Waals surface area contributed by atoms with Gasteiger partial charge < -0.3 is 10.1 Å². The van der Waals surface area contributed by atoms with Crippen molar-refractivity contribution in [2.24, 2.45) is 0 Å². The van der Waals surface area contributed by atoms with Gasteiger partial charge in [0.1, 0.15) is 0 Å². The Balaban J connectivity index is 1.89. The summed E-state index contributed by atoms with van der Waals surface area (Å²) in [7, 11) is 4.03. The molecule has 0 amide bonds. The molecular weight excluding hydrogens is 232 g/mol. The number of nitrogens with zero attached hydrogens (tertiary/aromatic N) is 1. The Hall–Kier alpha value is -0.420. The normalized spacial score (nSPS) is 19.7. The first-order chi connectivity index (χ1) is 8.24. The fraction of sp³-hybridized carbons (Fsp3) is 0.692. The highest BCUT2D eigenvalue weighted by Gasteiger charge is 2.32. The molecule has 1 N–H and O–H groups in total. The molecule has 0 spiro atoms. The maximum atomic E-state index is 5.79. The average Bonchev–Trinajstić information content (AvgIpc) is 2.83. The first-order valence-electron chi connectivity index (χ1n) is 6.20. The first-order valence-corrected chi connectivity index (χ1v) is 7.14. The number of ether oxygens (including phenoxy) is 1. The maximum Gasteiger partial charge on any atom is 0.0829 e. The highest BCUT2D eigenvalue weighted by Crippen LogP contribution is 2.24. The Morgan fingerprint density at radius 2 is 2.24 bits per heavy atom. The van der Waals surface area contributed by atoms with Gasteiger partial charge >= 0.3 is 0 Å². The molecule has 1 aromatic rings. The van der Waals surface area contributed by atoms with E-state index in [9.17, 15) is 0 Å². The third-order valence-electron chi connectivity index (χ3n) is 3.54. The second-order valence-corrected chi connectivity index (χ2v) is 5.72. The Bertz CT molecular complexity index is 320. The molecule has 0 bridgehead atoms. The minimum atomic E-state index is 0.0516. The molecule has 0 saturated carbocycles. The van der Waals surface area contributed by atoms with Crippen LogP contribution in [0.25, 0.3) is 0 Å². The lowest BCUT2D eigenvalue weighted by molar-refractivity contribution is -0.0542. The maximum absolute atomic E-state index is 5.79. The first kappa shape index (κ1) is 13.0. The number of methoxy groups -OCH3 is 1. The molecule has 1 aliphatic rings. The molecule has 0 aliphatic carbocycles. The Morgan fingerprint density at radius 1 is 1.47 bits per heavy atom. The highest BCUT2D eigenvalue weighted by atomic mass is 32.1. The van der Waals surface area contributed by atoms with E-state index >= 15 is 0 Å². The predicted molar refractivity (Wildman–Crippen MR) is 72.5 cm³/mol. The van der Waals surface area contributed by atoms with E-state index in [1.807, 2.05) is 7.11 Å². The van der Waals surface area contributed by atoms with Gasteiger partial charge in [0, 0.05) is 20.2 Å². The number of hydrogen-bond donors (Lipinski definition) is 1. The van der Waals surface area contributed by atoms with Crippen molar-refractivity contribution in [2.45, 2.75) is 25.0 Å². The van der Waals surface area contributed by atoms with Gasteiger partial charge in [-0.05, 0) is 55.4 Å². The minimum Gasteiger partial charge on any atom is -0.377 e. The van der Waals surface area contributed by atoms with Gasteiger partial charge in [0.05, 0.1) is 5.60 Å². The van der Waals surface area contributed by atoms with Crippen molar-refractivity contribution in [1.82, 2.24) is 10.2 Å². The van der Waals surface area contributed by atoms with E-state index in [-0.39, 0.29) is 5.60 Å². The monoisotopic (exact) mass is 254 g/mol. The third kappa shape index (κ3) is 3.52. The topological polar surface area (TPSA) is 24.5 Å². The van der Waals surface area contributed by atoms with Crippen LogP contribution in [0.1, 0.15) is 18.4 Å². The van der Waals surface area contributed by atoms with Crippen molar-refractivity contribution >= 4 is 11.3 Å². The Labute approximate surface area is 108 Å². The fourth-order valence-electron chi connectivity index (χ4n) is 2.55. The molecule has 0 radical (unpaired) electrons. The summed E-state index contributed by atoms with van der Waals surface area (Å²) in [5.74, 6) is 0. The van der Waals surface area contributed by atoms with Crippen molar-refractivity contribution in [3.63, 3.8) is 0 Å². The molecule has 0 atom stereocenters. The Morgan fingerprint density at radius 3 is 2.82 bits per heavy atom. The minimum absolute atomic E-state index is 0.0516. The molecule has 2 rings (SSSR count). The summed E-state index contributed by atoms with van der Waals surface area (Å²) >= 11 is 1.76. The second-order valence-electron chi connectivity index (χ2n) is 4.94. The molecule has 1 fully saturated rings. The number of rotatable bonds is 5. The van der Waals surface area contributed by atoms with E-state index in [0.717, 1.165) is 39.0 Å². The second kappa shape index (κ2) is 5.96. The van der Waals surface area contributed by atoms with Crippen LogP contribution in [0, 0.1) is 0 Å². The summed E-state index contributed by atoms with van der Waals surface area (Å²) in [5, 5.41) is 7.76. The van der Waals surface area contributed by atoms with Gasteiger partial charge in [-0.2, -0.15) is 11.3 Å². The van der Waals surface area contributed by atoms with Crippen molar-refractivity contribution in [3.8, 4) is 0 Å². The number of thiophene rings is 1. The van der Waals surface area contributed by atoms with Gasteiger partial charge in [0.15, 0.2) is 0 Å². The SMILES string of the molecule is COC1(CN(C)Cc2ccsc2)CCNCC1. The van der Waals surface area contributed by atoms with E-state index < -0.39 is 0 Å². The summed E-state index contributed by atoms with van der Waals surface area (Å²) in [5.41, 5.74) is 1.45. The molecule has 4 heteroatoms. The van der Waals surface area contributed by atoms with Crippen LogP contribution in [0.2, 0.25) is 0 Å². The summed E-state index contributed by atoms with van der Waals surface area (Å²) in [4.78, 5) is 2.37. The number of likely N-dealkylation sites (N-methyl/N-ethyl adjacent to an activating group) is 1. The molecule has 1 aliphatic heterocycles. The lowest BCUT2D eigenvalue weighted by Crippen LogP contribution is -2.50. The number of hydrogen-bond acceptors (Lipinski definition) is 4. The number of nitrogens with one attached hydrogen (secondary N) is 1. The van der Waals surface area contributed by atoms with Gasteiger partial charge in [0.25, 0.3) is 0 Å². The van der Waals surface area contributed by atoms with E-state index in [1.165, 1.54) is 5.56 Å². The van der Waals surface area contributed by atoms with Crippen molar-refractivity contribution < 1.29 is 4.74 Å². The van der Waals surface area contributed by atoms with Crippen LogP contribution in [-0.2, 0) is 11.3 Å². The lowest BCUT2D eigenvalue weighted by Gasteiger charge is -2.39. The zero-order valence-corrected chi connectivity index (χ0v) is 11.6. The lowest BCUT2D eigenvalue weighted by atomic mass is 9.91. The highest BCUT2D eigenvalue weighted by molar-refractivity contribution is 7.07. The fourth-order valence-corrected chi connectivity index (χ4v) is 3.21. The third-order valence-corrected chi connectivity index (χ3v) is 4.27. The number of piperidine rings is 1. The van der Waals surface area contributed by atoms with Gasteiger partial charge in [-0.15, -0.1) is 0 Å². The summed E-state index contributed by atoms with van der Waals surface area (Å²) < 4.78 is 5.79. The van der Waals surface area contributed by atoms with Crippen LogP contribution in [0.4, 0.5) is 0 Å². The zero-order valence-electron chi connectivity index (χ0n) is 10.7. The quantitative estimate of drug-likeness (QED) is 0.869. The molecule has 1 aromatic heterocycles. The van der Waals surface area contributed by atoms with Crippen LogP contribution < -0.4 is 5.32 Å².